The Morgan fingerprint density at radius 3 is 2.52 bits per heavy atom. The molecule has 0 spiro atoms. The van der Waals surface area contributed by atoms with E-state index in [1.54, 1.807) is 24.3 Å². The van der Waals surface area contributed by atoms with Crippen molar-refractivity contribution in [3.05, 3.63) is 41.2 Å². The van der Waals surface area contributed by atoms with Crippen LogP contribution in [0.1, 0.15) is 12.0 Å². The lowest BCUT2D eigenvalue weighted by molar-refractivity contribution is -0.125. The number of methoxy groups -OCH3 is 3. The number of benzene rings is 1. The second kappa shape index (κ2) is 8.13. The Labute approximate surface area is 161 Å². The number of pyridine rings is 1. The van der Waals surface area contributed by atoms with Gasteiger partial charge in [-0.05, 0) is 24.3 Å². The van der Waals surface area contributed by atoms with Crippen LogP contribution < -0.4 is 19.5 Å². The van der Waals surface area contributed by atoms with Crippen LogP contribution in [0.4, 0.5) is 5.69 Å². The normalized spacial score (nSPS) is 15.6. The van der Waals surface area contributed by atoms with E-state index in [1.165, 1.54) is 27.5 Å². The molecule has 1 atom stereocenters. The number of oxime groups is 1. The second-order valence-electron chi connectivity index (χ2n) is 5.58. The molecular weight excluding hydrogens is 374 g/mol. The molecule has 1 amide bonds. The number of nitrogens with zero attached hydrogens (tertiary/aromatic N) is 2. The monoisotopic (exact) mass is 391 g/mol. The standard InChI is InChI=1S/C18H18ClN3O5/c1-24-13-7-10(8-14(25-2)16(13)26-3)12-9-15(27-22-12)18(23)21-11-5-4-6-20-17(11)19/h4-8,15H,9H2,1-3H3,(H,21,23)/t15-/m0/s1. The Hall–Kier alpha value is -3.00. The van der Waals surface area contributed by atoms with E-state index in [1.807, 2.05) is 0 Å². The van der Waals surface area contributed by atoms with E-state index >= 15 is 0 Å². The van der Waals surface area contributed by atoms with Gasteiger partial charge in [-0.2, -0.15) is 0 Å². The highest BCUT2D eigenvalue weighted by atomic mass is 35.5. The predicted molar refractivity (Wildman–Crippen MR) is 100 cm³/mol. The molecule has 1 N–H and O–H groups in total. The van der Waals surface area contributed by atoms with Crippen molar-refractivity contribution in [2.45, 2.75) is 12.5 Å². The van der Waals surface area contributed by atoms with E-state index in [0.717, 1.165) is 0 Å². The fraction of sp³-hybridized carbons (Fsp3) is 0.278. The van der Waals surface area contributed by atoms with Crippen LogP contribution in [0.15, 0.2) is 35.6 Å². The van der Waals surface area contributed by atoms with Crippen molar-refractivity contribution in [1.82, 2.24) is 4.98 Å². The molecule has 0 radical (unpaired) electrons. The minimum atomic E-state index is -0.782. The van der Waals surface area contributed by atoms with Gasteiger partial charge in [0, 0.05) is 18.2 Å². The predicted octanol–water partition coefficient (Wildman–Crippen LogP) is 2.89. The zero-order valence-corrected chi connectivity index (χ0v) is 15.7. The number of carbonyl (C=O) groups excluding carboxylic acids is 1. The molecule has 0 aliphatic carbocycles. The van der Waals surface area contributed by atoms with Gasteiger partial charge >= 0.3 is 0 Å². The summed E-state index contributed by atoms with van der Waals surface area (Å²) in [5, 5.41) is 6.92. The van der Waals surface area contributed by atoms with Gasteiger partial charge in [0.25, 0.3) is 5.91 Å². The van der Waals surface area contributed by atoms with E-state index in [-0.39, 0.29) is 17.5 Å². The maximum absolute atomic E-state index is 12.4. The summed E-state index contributed by atoms with van der Waals surface area (Å²) in [6, 6.07) is 6.83. The van der Waals surface area contributed by atoms with Crippen LogP contribution in [0, 0.1) is 0 Å². The Balaban J connectivity index is 1.76. The first-order valence-corrected chi connectivity index (χ1v) is 8.39. The highest BCUT2D eigenvalue weighted by Crippen LogP contribution is 2.39. The van der Waals surface area contributed by atoms with Crippen molar-refractivity contribution in [3.8, 4) is 17.2 Å². The number of amides is 1. The summed E-state index contributed by atoms with van der Waals surface area (Å²) in [4.78, 5) is 21.6. The Kier molecular flexibility index (Phi) is 5.66. The van der Waals surface area contributed by atoms with Crippen LogP contribution >= 0.6 is 11.6 Å². The van der Waals surface area contributed by atoms with Crippen LogP contribution in [-0.2, 0) is 9.63 Å². The maximum Gasteiger partial charge on any atom is 0.268 e. The first kappa shape index (κ1) is 18.8. The molecule has 2 aromatic rings. The number of carbonyl (C=O) groups is 1. The van der Waals surface area contributed by atoms with Crippen LogP contribution in [0.2, 0.25) is 5.15 Å². The van der Waals surface area contributed by atoms with Gasteiger partial charge in [-0.1, -0.05) is 16.8 Å². The molecule has 3 rings (SSSR count). The number of aromatic nitrogens is 1. The molecular formula is C18H18ClN3O5. The fourth-order valence-electron chi connectivity index (χ4n) is 2.63. The van der Waals surface area contributed by atoms with Crippen molar-refractivity contribution in [3.63, 3.8) is 0 Å². The van der Waals surface area contributed by atoms with E-state index in [4.69, 9.17) is 30.6 Å². The second-order valence-corrected chi connectivity index (χ2v) is 5.94. The van der Waals surface area contributed by atoms with Gasteiger partial charge in [0.1, 0.15) is 0 Å². The Morgan fingerprint density at radius 1 is 1.22 bits per heavy atom. The van der Waals surface area contributed by atoms with Gasteiger partial charge in [-0.15, -0.1) is 0 Å². The van der Waals surface area contributed by atoms with Crippen LogP contribution in [0.25, 0.3) is 0 Å². The van der Waals surface area contributed by atoms with Crippen molar-refractivity contribution in [2.24, 2.45) is 5.16 Å². The minimum Gasteiger partial charge on any atom is -0.493 e. The van der Waals surface area contributed by atoms with E-state index in [0.29, 0.717) is 34.2 Å². The molecule has 0 bridgehead atoms. The van der Waals surface area contributed by atoms with Crippen molar-refractivity contribution in [2.75, 3.05) is 26.6 Å². The van der Waals surface area contributed by atoms with Gasteiger partial charge in [0.15, 0.2) is 16.7 Å². The zero-order valence-electron chi connectivity index (χ0n) is 15.0. The quantitative estimate of drug-likeness (QED) is 0.761. The summed E-state index contributed by atoms with van der Waals surface area (Å²) >= 11 is 5.96. The Morgan fingerprint density at radius 2 is 1.93 bits per heavy atom. The lowest BCUT2D eigenvalue weighted by Gasteiger charge is -2.14. The van der Waals surface area contributed by atoms with Gasteiger partial charge in [-0.25, -0.2) is 4.98 Å². The largest absolute Gasteiger partial charge is 0.493 e. The minimum absolute atomic E-state index is 0.203. The molecule has 1 aliphatic rings. The molecule has 1 aliphatic heterocycles. The van der Waals surface area contributed by atoms with E-state index in [2.05, 4.69) is 15.5 Å². The summed E-state index contributed by atoms with van der Waals surface area (Å²) in [6.45, 7) is 0. The number of hydrogen-bond acceptors (Lipinski definition) is 7. The third kappa shape index (κ3) is 3.90. The highest BCUT2D eigenvalue weighted by Gasteiger charge is 2.30. The molecule has 27 heavy (non-hydrogen) atoms. The number of anilines is 1. The summed E-state index contributed by atoms with van der Waals surface area (Å²) in [5.74, 6) is 1.09. The van der Waals surface area contributed by atoms with E-state index in [9.17, 15) is 4.79 Å². The van der Waals surface area contributed by atoms with Crippen molar-refractivity contribution >= 4 is 28.9 Å². The lowest BCUT2D eigenvalue weighted by atomic mass is 10.0. The average molecular weight is 392 g/mol. The molecule has 0 saturated heterocycles. The smallest absolute Gasteiger partial charge is 0.268 e. The SMILES string of the molecule is COc1cc(C2=NO[C@H](C(=O)Nc3cccnc3Cl)C2)cc(OC)c1OC. The van der Waals surface area contributed by atoms with Crippen molar-refractivity contribution in [1.29, 1.82) is 0 Å². The fourth-order valence-corrected chi connectivity index (χ4v) is 2.80. The number of halogens is 1. The maximum atomic E-state index is 12.4. The van der Waals surface area contributed by atoms with Crippen molar-refractivity contribution < 1.29 is 23.8 Å². The third-order valence-corrected chi connectivity index (χ3v) is 4.28. The van der Waals surface area contributed by atoms with E-state index < -0.39 is 6.10 Å². The molecule has 2 heterocycles. The van der Waals surface area contributed by atoms with Crippen LogP contribution in [-0.4, -0.2) is 44.0 Å². The molecule has 1 aromatic heterocycles. The summed E-state index contributed by atoms with van der Waals surface area (Å²) in [6.07, 6.45) is 1.04. The third-order valence-electron chi connectivity index (χ3n) is 3.98. The van der Waals surface area contributed by atoms with Crippen LogP contribution in [0.5, 0.6) is 17.2 Å². The molecule has 9 heteroatoms. The molecule has 0 saturated carbocycles. The molecule has 0 fully saturated rings. The topological polar surface area (TPSA) is 91.3 Å². The molecule has 0 unspecified atom stereocenters. The zero-order chi connectivity index (χ0) is 19.4. The molecule has 1 aromatic carbocycles. The van der Waals surface area contributed by atoms with Gasteiger partial charge in [0.05, 0.1) is 32.7 Å². The van der Waals surface area contributed by atoms with Gasteiger partial charge in [0.2, 0.25) is 11.9 Å². The first-order chi connectivity index (χ1) is 13.1. The Bertz CT molecular complexity index is 862. The highest BCUT2D eigenvalue weighted by molar-refractivity contribution is 6.32. The van der Waals surface area contributed by atoms with Gasteiger partial charge < -0.3 is 24.4 Å². The number of hydrogen-bond donors (Lipinski definition) is 1. The number of ether oxygens (including phenoxy) is 3. The average Bonchev–Trinajstić information content (AvgIpc) is 3.19. The number of nitrogens with one attached hydrogen (secondary N) is 1. The molecule has 8 nitrogen and oxygen atoms in total. The number of rotatable bonds is 6. The lowest BCUT2D eigenvalue weighted by Crippen LogP contribution is -2.28. The van der Waals surface area contributed by atoms with Gasteiger partial charge in [-0.3, -0.25) is 4.79 Å². The molecule has 142 valence electrons. The van der Waals surface area contributed by atoms with Crippen LogP contribution in [0.3, 0.4) is 0 Å². The summed E-state index contributed by atoms with van der Waals surface area (Å²) < 4.78 is 16.0. The first-order valence-electron chi connectivity index (χ1n) is 8.01. The summed E-state index contributed by atoms with van der Waals surface area (Å²) in [7, 11) is 4.59. The summed E-state index contributed by atoms with van der Waals surface area (Å²) in [5.41, 5.74) is 1.71.